The van der Waals surface area contributed by atoms with Crippen molar-refractivity contribution in [2.45, 2.75) is 6.42 Å². The first-order valence-corrected chi connectivity index (χ1v) is 5.81. The molecular formula is C10H16N6O3. The molecule has 104 valence electrons. The molecule has 2 rings (SSSR count). The van der Waals surface area contributed by atoms with Crippen LogP contribution in [-0.4, -0.2) is 40.8 Å². The van der Waals surface area contributed by atoms with Gasteiger partial charge >= 0.3 is 0 Å². The van der Waals surface area contributed by atoms with Crippen LogP contribution in [0.15, 0.2) is 4.79 Å². The molecular weight excluding hydrogens is 252 g/mol. The highest BCUT2D eigenvalue weighted by Crippen LogP contribution is 2.26. The van der Waals surface area contributed by atoms with E-state index < -0.39 is 11.8 Å². The molecule has 1 atom stereocenters. The quantitative estimate of drug-likeness (QED) is 0.415. The number of aromatic nitrogens is 2. The normalized spacial score (nSPS) is 14.9. The van der Waals surface area contributed by atoms with Gasteiger partial charge in [-0.25, -0.2) is 0 Å². The number of rotatable bonds is 5. The molecule has 0 aliphatic carbocycles. The average molecular weight is 268 g/mol. The van der Waals surface area contributed by atoms with Crippen molar-refractivity contribution in [3.63, 3.8) is 0 Å². The Hall–Kier alpha value is -2.29. The number of nitrogens with one attached hydrogen (secondary N) is 2. The summed E-state index contributed by atoms with van der Waals surface area (Å²) in [7, 11) is 0. The van der Waals surface area contributed by atoms with Gasteiger partial charge in [-0.2, -0.15) is 4.98 Å². The van der Waals surface area contributed by atoms with Gasteiger partial charge in [0.25, 0.3) is 5.56 Å². The highest BCUT2D eigenvalue weighted by molar-refractivity contribution is 5.78. The predicted octanol–water partition coefficient (Wildman–Crippen LogP) is -1.97. The number of hydrogen-bond donors (Lipinski definition) is 5. The highest BCUT2D eigenvalue weighted by atomic mass is 16.3. The molecule has 2 heterocycles. The fraction of sp³-hybridized carbons (Fsp3) is 0.500. The molecule has 0 saturated heterocycles. The number of fused-ring (bicyclic) bond motifs is 1. The van der Waals surface area contributed by atoms with Gasteiger partial charge < -0.3 is 26.8 Å². The van der Waals surface area contributed by atoms with E-state index in [1.54, 1.807) is 4.90 Å². The Labute approximate surface area is 108 Å². The molecule has 0 bridgehead atoms. The topological polar surface area (TPSA) is 150 Å². The number of carbonyl (C=O) groups is 1. The van der Waals surface area contributed by atoms with Crippen LogP contribution in [0.2, 0.25) is 0 Å². The van der Waals surface area contributed by atoms with Crippen molar-refractivity contribution in [3.8, 4) is 0 Å². The summed E-state index contributed by atoms with van der Waals surface area (Å²) >= 11 is 0. The smallest absolute Gasteiger partial charge is 0.277 e. The Balaban J connectivity index is 2.22. The summed E-state index contributed by atoms with van der Waals surface area (Å²) < 4.78 is 0. The fourth-order valence-corrected chi connectivity index (χ4v) is 2.01. The standard InChI is InChI=1S/C10H16N6O3/c11-7(18)5(1-2-17)3-16-4-13-6-8(16)14-10(12)15-9(6)19/h5,13,17H,1-4H2,(H2,11,18)(H3,12,14,15,19). The van der Waals surface area contributed by atoms with Crippen molar-refractivity contribution in [3.05, 3.63) is 10.4 Å². The van der Waals surface area contributed by atoms with Crippen LogP contribution in [0.1, 0.15) is 6.42 Å². The molecule has 9 heteroatoms. The van der Waals surface area contributed by atoms with Crippen LogP contribution in [-0.2, 0) is 4.79 Å². The number of nitrogens with two attached hydrogens (primary N) is 2. The van der Waals surface area contributed by atoms with Gasteiger partial charge in [0.05, 0.1) is 12.6 Å². The van der Waals surface area contributed by atoms with Crippen LogP contribution in [0.25, 0.3) is 0 Å². The first-order chi connectivity index (χ1) is 9.02. The van der Waals surface area contributed by atoms with Crippen LogP contribution < -0.4 is 27.2 Å². The number of aliphatic hydroxyl groups is 1. The monoisotopic (exact) mass is 268 g/mol. The second kappa shape index (κ2) is 5.14. The van der Waals surface area contributed by atoms with Crippen LogP contribution in [0.4, 0.5) is 17.5 Å². The van der Waals surface area contributed by atoms with Crippen molar-refractivity contribution in [1.29, 1.82) is 0 Å². The van der Waals surface area contributed by atoms with E-state index in [1.807, 2.05) is 0 Å². The molecule has 0 aromatic carbocycles. The molecule has 1 aliphatic heterocycles. The SMILES string of the molecule is NC(=O)C(CCO)CN1CNc2c1nc(N)[nH]c2=O. The number of primary amides is 1. The molecule has 7 N–H and O–H groups in total. The summed E-state index contributed by atoms with van der Waals surface area (Å²) in [4.78, 5) is 31.0. The maximum atomic E-state index is 11.6. The van der Waals surface area contributed by atoms with Gasteiger partial charge in [-0.15, -0.1) is 0 Å². The molecule has 19 heavy (non-hydrogen) atoms. The zero-order valence-electron chi connectivity index (χ0n) is 10.2. The zero-order valence-corrected chi connectivity index (χ0v) is 10.2. The molecule has 1 aromatic heterocycles. The summed E-state index contributed by atoms with van der Waals surface area (Å²) in [6, 6.07) is 0. The van der Waals surface area contributed by atoms with Crippen LogP contribution in [0, 0.1) is 5.92 Å². The largest absolute Gasteiger partial charge is 0.396 e. The molecule has 1 amide bonds. The molecule has 9 nitrogen and oxygen atoms in total. The first kappa shape index (κ1) is 13.1. The van der Waals surface area contributed by atoms with E-state index in [4.69, 9.17) is 16.6 Å². The summed E-state index contributed by atoms with van der Waals surface area (Å²) in [6.07, 6.45) is 0.264. The minimum atomic E-state index is -0.514. The number of H-pyrrole nitrogens is 1. The fourth-order valence-electron chi connectivity index (χ4n) is 2.01. The third-order valence-corrected chi connectivity index (χ3v) is 2.99. The second-order valence-corrected chi connectivity index (χ2v) is 4.32. The second-order valence-electron chi connectivity index (χ2n) is 4.32. The van der Waals surface area contributed by atoms with E-state index in [0.717, 1.165) is 0 Å². The van der Waals surface area contributed by atoms with Crippen molar-refractivity contribution in [2.24, 2.45) is 11.7 Å². The van der Waals surface area contributed by atoms with Crippen LogP contribution in [0.3, 0.4) is 0 Å². The molecule has 0 radical (unpaired) electrons. The summed E-state index contributed by atoms with van der Waals surface area (Å²) in [5.74, 6) is -0.610. The first-order valence-electron chi connectivity index (χ1n) is 5.81. The molecule has 0 spiro atoms. The van der Waals surface area contributed by atoms with Gasteiger partial charge in [0, 0.05) is 13.2 Å². The highest BCUT2D eigenvalue weighted by Gasteiger charge is 2.27. The van der Waals surface area contributed by atoms with Gasteiger partial charge in [0.15, 0.2) is 5.82 Å². The van der Waals surface area contributed by atoms with E-state index in [1.165, 1.54) is 0 Å². The average Bonchev–Trinajstić information content (AvgIpc) is 2.72. The van der Waals surface area contributed by atoms with Gasteiger partial charge in [0.1, 0.15) is 5.69 Å². The van der Waals surface area contributed by atoms with E-state index in [9.17, 15) is 9.59 Å². The minimum absolute atomic E-state index is 0.00948. The van der Waals surface area contributed by atoms with Crippen LogP contribution >= 0.6 is 0 Å². The minimum Gasteiger partial charge on any atom is -0.396 e. The Morgan fingerprint density at radius 2 is 2.32 bits per heavy atom. The van der Waals surface area contributed by atoms with Gasteiger partial charge in [-0.3, -0.25) is 14.6 Å². The van der Waals surface area contributed by atoms with E-state index in [0.29, 0.717) is 18.2 Å². The lowest BCUT2D eigenvalue weighted by molar-refractivity contribution is -0.122. The van der Waals surface area contributed by atoms with Crippen LogP contribution in [0.5, 0.6) is 0 Å². The number of anilines is 3. The maximum absolute atomic E-state index is 11.6. The molecule has 1 aliphatic rings. The van der Waals surface area contributed by atoms with Gasteiger partial charge in [0.2, 0.25) is 11.9 Å². The Kier molecular flexibility index (Phi) is 3.56. The third kappa shape index (κ3) is 2.60. The van der Waals surface area contributed by atoms with E-state index in [-0.39, 0.29) is 31.1 Å². The van der Waals surface area contributed by atoms with Crippen molar-refractivity contribution in [2.75, 3.05) is 35.8 Å². The van der Waals surface area contributed by atoms with Gasteiger partial charge in [-0.1, -0.05) is 0 Å². The Bertz CT molecular complexity index is 543. The number of amides is 1. The number of nitrogens with zero attached hydrogens (tertiary/aromatic N) is 2. The van der Waals surface area contributed by atoms with Crippen molar-refractivity contribution in [1.82, 2.24) is 9.97 Å². The molecule has 1 unspecified atom stereocenters. The number of aromatic amines is 1. The zero-order chi connectivity index (χ0) is 14.0. The third-order valence-electron chi connectivity index (χ3n) is 2.99. The lowest BCUT2D eigenvalue weighted by Gasteiger charge is -2.21. The number of nitrogen functional groups attached to an aromatic ring is 1. The predicted molar refractivity (Wildman–Crippen MR) is 69.5 cm³/mol. The molecule has 0 fully saturated rings. The van der Waals surface area contributed by atoms with Crippen molar-refractivity contribution < 1.29 is 9.90 Å². The Morgan fingerprint density at radius 1 is 1.58 bits per heavy atom. The van der Waals surface area contributed by atoms with E-state index >= 15 is 0 Å². The summed E-state index contributed by atoms with van der Waals surface area (Å²) in [6.45, 7) is 0.475. The Morgan fingerprint density at radius 3 is 2.95 bits per heavy atom. The maximum Gasteiger partial charge on any atom is 0.277 e. The number of aliphatic hydroxyl groups excluding tert-OH is 1. The number of hydrogen-bond acceptors (Lipinski definition) is 7. The van der Waals surface area contributed by atoms with Gasteiger partial charge in [-0.05, 0) is 6.42 Å². The molecule has 1 aromatic rings. The lowest BCUT2D eigenvalue weighted by Crippen LogP contribution is -2.37. The molecule has 0 saturated carbocycles. The summed E-state index contributed by atoms with van der Waals surface area (Å²) in [5.41, 5.74) is 10.7. The summed E-state index contributed by atoms with van der Waals surface area (Å²) in [5, 5.41) is 11.8. The lowest BCUT2D eigenvalue weighted by atomic mass is 10.1. The number of carbonyl (C=O) groups excluding carboxylic acids is 1. The van der Waals surface area contributed by atoms with E-state index in [2.05, 4.69) is 15.3 Å². The van der Waals surface area contributed by atoms with Crippen molar-refractivity contribution >= 4 is 23.4 Å².